The van der Waals surface area contributed by atoms with Gasteiger partial charge in [0.15, 0.2) is 17.5 Å². The Morgan fingerprint density at radius 1 is 0.262 bits per heavy atom. The van der Waals surface area contributed by atoms with Gasteiger partial charge in [0.1, 0.15) is 0 Å². The van der Waals surface area contributed by atoms with Gasteiger partial charge in [-0.25, -0.2) is 15.0 Å². The maximum absolute atomic E-state index is 5.28. The van der Waals surface area contributed by atoms with E-state index in [1.807, 2.05) is 24.3 Å². The second-order valence-corrected chi connectivity index (χ2v) is 15.2. The number of aromatic nitrogens is 4. The molecule has 4 nitrogen and oxygen atoms in total. The zero-order valence-corrected chi connectivity index (χ0v) is 33.2. The summed E-state index contributed by atoms with van der Waals surface area (Å²) >= 11 is 0. The number of nitrogens with zero attached hydrogens (tertiary/aromatic N) is 4. The fourth-order valence-corrected chi connectivity index (χ4v) is 8.46. The SMILES string of the molecule is c1ccc(-c2ccc(-c3ccc(-n4c5ccccc5c5c(-c6nc(-c7ccccc7)nc(-c7cccc(-c8cccc(-c9ccccc9)c8)c7)n6)cccc54)cc3)cc2)cc1. The average Bonchev–Trinajstić information content (AvgIpc) is 3.69. The van der Waals surface area contributed by atoms with Crippen LogP contribution in [-0.4, -0.2) is 19.5 Å². The van der Waals surface area contributed by atoms with Crippen LogP contribution in [0.2, 0.25) is 0 Å². The van der Waals surface area contributed by atoms with Crippen LogP contribution in [0.1, 0.15) is 0 Å². The number of benzene rings is 9. The molecule has 0 spiro atoms. The summed E-state index contributed by atoms with van der Waals surface area (Å²) in [6.45, 7) is 0. The van der Waals surface area contributed by atoms with Gasteiger partial charge in [-0.1, -0.05) is 194 Å². The van der Waals surface area contributed by atoms with Crippen LogP contribution in [0.4, 0.5) is 0 Å². The summed E-state index contributed by atoms with van der Waals surface area (Å²) in [5.74, 6) is 1.88. The van der Waals surface area contributed by atoms with Gasteiger partial charge in [0.25, 0.3) is 0 Å². The van der Waals surface area contributed by atoms with Crippen LogP contribution in [0.5, 0.6) is 0 Å². The van der Waals surface area contributed by atoms with Crippen molar-refractivity contribution in [3.05, 3.63) is 231 Å². The zero-order valence-electron chi connectivity index (χ0n) is 33.2. The molecule has 0 fully saturated rings. The molecule has 0 radical (unpaired) electrons. The molecule has 2 heterocycles. The lowest BCUT2D eigenvalue weighted by Gasteiger charge is -2.12. The molecular weight excluding hydrogens is 741 g/mol. The minimum Gasteiger partial charge on any atom is -0.309 e. The Morgan fingerprint density at radius 2 is 0.656 bits per heavy atom. The van der Waals surface area contributed by atoms with Crippen molar-refractivity contribution in [1.82, 2.24) is 19.5 Å². The highest BCUT2D eigenvalue weighted by atomic mass is 15.0. The molecule has 286 valence electrons. The molecule has 11 rings (SSSR count). The van der Waals surface area contributed by atoms with Crippen LogP contribution in [-0.2, 0) is 0 Å². The van der Waals surface area contributed by atoms with E-state index in [4.69, 9.17) is 15.0 Å². The molecule has 0 N–H and O–H groups in total. The van der Waals surface area contributed by atoms with Crippen molar-refractivity contribution in [2.75, 3.05) is 0 Å². The first-order valence-electron chi connectivity index (χ1n) is 20.6. The smallest absolute Gasteiger partial charge is 0.164 e. The number of para-hydroxylation sites is 1. The van der Waals surface area contributed by atoms with Crippen LogP contribution < -0.4 is 0 Å². The molecule has 61 heavy (non-hydrogen) atoms. The molecule has 0 amide bonds. The van der Waals surface area contributed by atoms with Crippen molar-refractivity contribution in [1.29, 1.82) is 0 Å². The second-order valence-electron chi connectivity index (χ2n) is 15.2. The molecule has 0 unspecified atom stereocenters. The normalized spacial score (nSPS) is 11.3. The summed E-state index contributed by atoms with van der Waals surface area (Å²) in [6, 6.07) is 81.1. The molecule has 0 aliphatic rings. The first-order valence-corrected chi connectivity index (χ1v) is 20.6. The third-order valence-corrected chi connectivity index (χ3v) is 11.5. The first-order chi connectivity index (χ1) is 30.2. The Hall–Kier alpha value is -8.21. The van der Waals surface area contributed by atoms with Gasteiger partial charge in [-0.15, -0.1) is 0 Å². The largest absolute Gasteiger partial charge is 0.309 e. The molecule has 11 aromatic rings. The summed E-state index contributed by atoms with van der Waals surface area (Å²) in [5, 5.41) is 2.23. The Kier molecular flexibility index (Phi) is 9.14. The highest BCUT2D eigenvalue weighted by Gasteiger charge is 2.20. The molecule has 4 heteroatoms. The van der Waals surface area contributed by atoms with Gasteiger partial charge in [0.2, 0.25) is 0 Å². The maximum Gasteiger partial charge on any atom is 0.164 e. The van der Waals surface area contributed by atoms with E-state index in [9.17, 15) is 0 Å². The van der Waals surface area contributed by atoms with Crippen molar-refractivity contribution in [2.24, 2.45) is 0 Å². The summed E-state index contributed by atoms with van der Waals surface area (Å²) in [6.07, 6.45) is 0. The Bertz CT molecular complexity index is 3320. The van der Waals surface area contributed by atoms with Gasteiger partial charge in [0.05, 0.1) is 11.0 Å². The van der Waals surface area contributed by atoms with Crippen LogP contribution in [0, 0.1) is 0 Å². The van der Waals surface area contributed by atoms with Crippen molar-refractivity contribution in [3.63, 3.8) is 0 Å². The van der Waals surface area contributed by atoms with E-state index >= 15 is 0 Å². The third kappa shape index (κ3) is 6.86. The maximum atomic E-state index is 5.28. The average molecular weight is 779 g/mol. The summed E-state index contributed by atoms with van der Waals surface area (Å²) in [4.78, 5) is 15.6. The quantitative estimate of drug-likeness (QED) is 0.154. The molecule has 0 aliphatic heterocycles. The van der Waals surface area contributed by atoms with E-state index in [0.29, 0.717) is 17.5 Å². The molecule has 0 saturated heterocycles. The van der Waals surface area contributed by atoms with E-state index in [1.165, 1.54) is 33.4 Å². The number of hydrogen-bond acceptors (Lipinski definition) is 3. The van der Waals surface area contributed by atoms with Crippen LogP contribution >= 0.6 is 0 Å². The van der Waals surface area contributed by atoms with E-state index in [2.05, 4.69) is 211 Å². The van der Waals surface area contributed by atoms with E-state index in [0.717, 1.165) is 55.3 Å². The van der Waals surface area contributed by atoms with Crippen molar-refractivity contribution >= 4 is 21.8 Å². The number of fused-ring (bicyclic) bond motifs is 3. The molecular formula is C57H38N4. The minimum atomic E-state index is 0.623. The predicted molar refractivity (Wildman–Crippen MR) is 252 cm³/mol. The van der Waals surface area contributed by atoms with Gasteiger partial charge in [-0.3, -0.25) is 0 Å². The van der Waals surface area contributed by atoms with Crippen molar-refractivity contribution in [2.45, 2.75) is 0 Å². The van der Waals surface area contributed by atoms with Gasteiger partial charge in [-0.05, 0) is 80.9 Å². The van der Waals surface area contributed by atoms with Crippen LogP contribution in [0.3, 0.4) is 0 Å². The van der Waals surface area contributed by atoms with Gasteiger partial charge < -0.3 is 4.57 Å². The van der Waals surface area contributed by atoms with E-state index < -0.39 is 0 Å². The van der Waals surface area contributed by atoms with Crippen LogP contribution in [0.25, 0.3) is 106 Å². The Morgan fingerprint density at radius 3 is 1.28 bits per heavy atom. The zero-order chi connectivity index (χ0) is 40.5. The second kappa shape index (κ2) is 15.5. The first kappa shape index (κ1) is 35.9. The number of hydrogen-bond donors (Lipinski definition) is 0. The summed E-state index contributed by atoms with van der Waals surface area (Å²) < 4.78 is 2.35. The lowest BCUT2D eigenvalue weighted by Crippen LogP contribution is -2.00. The summed E-state index contributed by atoms with van der Waals surface area (Å²) in [7, 11) is 0. The topological polar surface area (TPSA) is 43.6 Å². The summed E-state index contributed by atoms with van der Waals surface area (Å²) in [5.41, 5.74) is 15.5. The Balaban J connectivity index is 1.01. The highest BCUT2D eigenvalue weighted by molar-refractivity contribution is 6.15. The monoisotopic (exact) mass is 778 g/mol. The molecule has 2 aromatic heterocycles. The molecule has 0 saturated carbocycles. The predicted octanol–water partition coefficient (Wildman–Crippen LogP) is 14.6. The molecule has 0 bridgehead atoms. The van der Waals surface area contributed by atoms with Gasteiger partial charge >= 0.3 is 0 Å². The van der Waals surface area contributed by atoms with E-state index in [1.54, 1.807) is 0 Å². The lowest BCUT2D eigenvalue weighted by atomic mass is 9.98. The van der Waals surface area contributed by atoms with Crippen molar-refractivity contribution < 1.29 is 0 Å². The molecule has 0 atom stereocenters. The highest BCUT2D eigenvalue weighted by Crippen LogP contribution is 2.39. The standard InChI is InChI=1S/C57H38N4/c1-4-15-39(16-5-1)41-29-31-42(32-30-41)43-33-35-49(36-34-43)61-52-27-11-10-25-50(52)54-51(26-14-28-53(54)61)57-59-55(44-19-8-3-9-20-44)58-56(60-57)48-24-13-23-47(38-48)46-22-12-21-45(37-46)40-17-6-2-7-18-40/h1-38H. The lowest BCUT2D eigenvalue weighted by molar-refractivity contribution is 1.08. The minimum absolute atomic E-state index is 0.623. The van der Waals surface area contributed by atoms with Gasteiger partial charge in [0, 0.05) is 33.2 Å². The fraction of sp³-hybridized carbons (Fsp3) is 0. The fourth-order valence-electron chi connectivity index (χ4n) is 8.46. The van der Waals surface area contributed by atoms with E-state index in [-0.39, 0.29) is 0 Å². The van der Waals surface area contributed by atoms with Crippen molar-refractivity contribution in [3.8, 4) is 84.4 Å². The molecule has 9 aromatic carbocycles. The Labute approximate surface area is 354 Å². The van der Waals surface area contributed by atoms with Gasteiger partial charge in [-0.2, -0.15) is 0 Å². The number of rotatable bonds is 8. The van der Waals surface area contributed by atoms with Crippen LogP contribution in [0.15, 0.2) is 231 Å². The molecule has 0 aliphatic carbocycles. The third-order valence-electron chi connectivity index (χ3n) is 11.5.